The lowest BCUT2D eigenvalue weighted by Crippen LogP contribution is -2.32. The molecule has 1 rings (SSSR count). The largest absolute Gasteiger partial charge is 0.481 e. The maximum Gasteiger partial charge on any atom is 0.309 e. The summed E-state index contributed by atoms with van der Waals surface area (Å²) in [4.78, 5) is 22.2. The number of benzene rings is 1. The van der Waals surface area contributed by atoms with Gasteiger partial charge < -0.3 is 10.8 Å². The summed E-state index contributed by atoms with van der Waals surface area (Å²) in [6.45, 7) is 4.65. The van der Waals surface area contributed by atoms with Gasteiger partial charge in [0, 0.05) is 12.1 Å². The van der Waals surface area contributed by atoms with Crippen molar-refractivity contribution in [3.05, 3.63) is 29.3 Å². The molecule has 0 aliphatic carbocycles. The first-order valence-corrected chi connectivity index (χ1v) is 8.09. The van der Waals surface area contributed by atoms with E-state index in [1.54, 1.807) is 6.92 Å². The van der Waals surface area contributed by atoms with Gasteiger partial charge in [0.2, 0.25) is 15.9 Å². The van der Waals surface area contributed by atoms with E-state index in [0.29, 0.717) is 5.56 Å². The summed E-state index contributed by atoms with van der Waals surface area (Å²) in [5.74, 6) is -1.71. The van der Waals surface area contributed by atoms with Crippen LogP contribution >= 0.6 is 0 Å². The molecular formula is C14H20N2O5S. The third kappa shape index (κ3) is 4.28. The Morgan fingerprint density at radius 3 is 2.41 bits per heavy atom. The molecule has 0 saturated carbocycles. The number of aryl methyl sites for hydroxylation is 1. The van der Waals surface area contributed by atoms with Crippen LogP contribution in [0.2, 0.25) is 0 Å². The Bertz CT molecular complexity index is 695. The van der Waals surface area contributed by atoms with Crippen LogP contribution in [0.5, 0.6) is 0 Å². The molecule has 1 aromatic carbocycles. The molecule has 0 radical (unpaired) electrons. The molecule has 0 aliphatic rings. The summed E-state index contributed by atoms with van der Waals surface area (Å²) in [6, 6.07) is 4.07. The zero-order valence-corrected chi connectivity index (χ0v) is 13.5. The molecule has 0 aliphatic heterocycles. The van der Waals surface area contributed by atoms with E-state index in [1.165, 1.54) is 32.0 Å². The van der Waals surface area contributed by atoms with Crippen LogP contribution in [-0.4, -0.2) is 31.9 Å². The number of carbonyl (C=O) groups excluding carboxylic acids is 1. The van der Waals surface area contributed by atoms with Gasteiger partial charge in [-0.1, -0.05) is 6.07 Å². The van der Waals surface area contributed by atoms with E-state index in [1.807, 2.05) is 0 Å². The maximum atomic E-state index is 12.2. The number of hydrogen-bond acceptors (Lipinski definition) is 4. The zero-order valence-electron chi connectivity index (χ0n) is 12.7. The molecular weight excluding hydrogens is 308 g/mol. The van der Waals surface area contributed by atoms with Crippen LogP contribution in [0.1, 0.15) is 36.2 Å². The number of primary amides is 1. The Balaban J connectivity index is 2.90. The molecule has 0 spiro atoms. The summed E-state index contributed by atoms with van der Waals surface area (Å²) in [6.07, 6.45) is 0.135. The van der Waals surface area contributed by atoms with E-state index in [4.69, 9.17) is 10.8 Å². The van der Waals surface area contributed by atoms with Crippen molar-refractivity contribution >= 4 is 21.9 Å². The third-order valence-corrected chi connectivity index (χ3v) is 4.86. The van der Waals surface area contributed by atoms with Gasteiger partial charge in [-0.05, 0) is 44.9 Å². The van der Waals surface area contributed by atoms with Crippen LogP contribution in [0.25, 0.3) is 0 Å². The van der Waals surface area contributed by atoms with Crippen molar-refractivity contribution in [2.24, 2.45) is 11.1 Å². The van der Waals surface area contributed by atoms with Crippen LogP contribution in [0.4, 0.5) is 0 Å². The van der Waals surface area contributed by atoms with Crippen molar-refractivity contribution in [1.29, 1.82) is 0 Å². The first-order chi connectivity index (χ1) is 9.97. The monoisotopic (exact) mass is 328 g/mol. The van der Waals surface area contributed by atoms with Gasteiger partial charge in [-0.25, -0.2) is 13.1 Å². The van der Waals surface area contributed by atoms with Gasteiger partial charge in [-0.2, -0.15) is 0 Å². The fraction of sp³-hybridized carbons (Fsp3) is 0.429. The molecule has 0 bridgehead atoms. The summed E-state index contributed by atoms with van der Waals surface area (Å²) in [5.41, 5.74) is 4.88. The van der Waals surface area contributed by atoms with Gasteiger partial charge in [-0.15, -0.1) is 0 Å². The van der Waals surface area contributed by atoms with Crippen molar-refractivity contribution in [1.82, 2.24) is 4.72 Å². The number of carboxylic acid groups (broad SMARTS) is 1. The molecule has 0 atom stereocenters. The molecule has 22 heavy (non-hydrogen) atoms. The Labute approximate surface area is 129 Å². The average molecular weight is 328 g/mol. The van der Waals surface area contributed by atoms with Crippen LogP contribution in [0.3, 0.4) is 0 Å². The highest BCUT2D eigenvalue weighted by molar-refractivity contribution is 7.89. The molecule has 7 nitrogen and oxygen atoms in total. The standard InChI is InChI=1S/C14H20N2O5S/c1-9-4-5-10(8-11(9)12(15)17)22(20,21)16-7-6-14(2,3)13(18)19/h4-5,8,16H,6-7H2,1-3H3,(H2,15,17)(H,18,19). The predicted octanol–water partition coefficient (Wildman–Crippen LogP) is 0.873. The number of amides is 1. The smallest absolute Gasteiger partial charge is 0.309 e. The third-order valence-electron chi connectivity index (χ3n) is 3.41. The second-order valence-electron chi connectivity index (χ2n) is 5.68. The van der Waals surface area contributed by atoms with E-state index in [2.05, 4.69) is 4.72 Å². The van der Waals surface area contributed by atoms with Gasteiger partial charge in [0.25, 0.3) is 0 Å². The zero-order chi connectivity index (χ0) is 17.1. The topological polar surface area (TPSA) is 127 Å². The highest BCUT2D eigenvalue weighted by Gasteiger charge is 2.27. The first-order valence-electron chi connectivity index (χ1n) is 6.61. The molecule has 4 N–H and O–H groups in total. The minimum atomic E-state index is -3.83. The maximum absolute atomic E-state index is 12.2. The fourth-order valence-corrected chi connectivity index (χ4v) is 2.78. The first kappa shape index (κ1) is 18.1. The molecule has 0 aromatic heterocycles. The number of rotatable bonds is 7. The van der Waals surface area contributed by atoms with Crippen molar-refractivity contribution in [2.75, 3.05) is 6.54 Å². The van der Waals surface area contributed by atoms with E-state index in [9.17, 15) is 18.0 Å². The quantitative estimate of drug-likeness (QED) is 0.684. The van der Waals surface area contributed by atoms with E-state index in [-0.39, 0.29) is 23.4 Å². The highest BCUT2D eigenvalue weighted by atomic mass is 32.2. The number of hydrogen-bond donors (Lipinski definition) is 3. The molecule has 0 saturated heterocycles. The second kappa shape index (κ2) is 6.45. The molecule has 0 fully saturated rings. The Morgan fingerprint density at radius 1 is 1.32 bits per heavy atom. The lowest BCUT2D eigenvalue weighted by Gasteiger charge is -2.19. The number of carbonyl (C=O) groups is 2. The number of nitrogens with one attached hydrogen (secondary N) is 1. The van der Waals surface area contributed by atoms with Gasteiger partial charge in [0.05, 0.1) is 10.3 Å². The van der Waals surface area contributed by atoms with Crippen molar-refractivity contribution in [3.8, 4) is 0 Å². The highest BCUT2D eigenvalue weighted by Crippen LogP contribution is 2.20. The van der Waals surface area contributed by atoms with Gasteiger partial charge >= 0.3 is 5.97 Å². The lowest BCUT2D eigenvalue weighted by molar-refractivity contribution is -0.147. The molecule has 8 heteroatoms. The summed E-state index contributed by atoms with van der Waals surface area (Å²) < 4.78 is 26.7. The van der Waals surface area contributed by atoms with Crippen molar-refractivity contribution < 1.29 is 23.1 Å². The second-order valence-corrected chi connectivity index (χ2v) is 7.44. The minimum Gasteiger partial charge on any atom is -0.481 e. The molecule has 1 aromatic rings. The number of sulfonamides is 1. The summed E-state index contributed by atoms with van der Waals surface area (Å²) in [5, 5.41) is 8.99. The molecule has 122 valence electrons. The molecule has 1 amide bonds. The average Bonchev–Trinajstić information content (AvgIpc) is 2.37. The predicted molar refractivity (Wildman–Crippen MR) is 80.9 cm³/mol. The minimum absolute atomic E-state index is 0.0264. The van der Waals surface area contributed by atoms with Crippen LogP contribution in [0.15, 0.2) is 23.1 Å². The summed E-state index contributed by atoms with van der Waals surface area (Å²) in [7, 11) is -3.83. The van der Waals surface area contributed by atoms with E-state index >= 15 is 0 Å². The molecule has 0 unspecified atom stereocenters. The Morgan fingerprint density at radius 2 is 1.91 bits per heavy atom. The van der Waals surface area contributed by atoms with Crippen molar-refractivity contribution in [3.63, 3.8) is 0 Å². The Hall–Kier alpha value is -1.93. The van der Waals surface area contributed by atoms with E-state index in [0.717, 1.165) is 0 Å². The molecule has 0 heterocycles. The normalized spacial score (nSPS) is 12.1. The number of aliphatic carboxylic acids is 1. The number of carboxylic acids is 1. The van der Waals surface area contributed by atoms with Gasteiger partial charge in [0.15, 0.2) is 0 Å². The van der Waals surface area contributed by atoms with E-state index < -0.39 is 27.3 Å². The van der Waals surface area contributed by atoms with Crippen LogP contribution in [0, 0.1) is 12.3 Å². The Kier molecular flexibility index (Phi) is 5.31. The SMILES string of the molecule is Cc1ccc(S(=O)(=O)NCCC(C)(C)C(=O)O)cc1C(N)=O. The van der Waals surface area contributed by atoms with Gasteiger partial charge in [0.1, 0.15) is 0 Å². The van der Waals surface area contributed by atoms with Crippen LogP contribution < -0.4 is 10.5 Å². The fourth-order valence-electron chi connectivity index (χ4n) is 1.72. The number of nitrogens with two attached hydrogens (primary N) is 1. The lowest BCUT2D eigenvalue weighted by atomic mass is 9.90. The van der Waals surface area contributed by atoms with Crippen molar-refractivity contribution in [2.45, 2.75) is 32.1 Å². The summed E-state index contributed by atoms with van der Waals surface area (Å²) >= 11 is 0. The van der Waals surface area contributed by atoms with Gasteiger partial charge in [-0.3, -0.25) is 9.59 Å². The van der Waals surface area contributed by atoms with Crippen LogP contribution in [-0.2, 0) is 14.8 Å².